The molecule has 2 aromatic carbocycles. The average molecular weight is 307 g/mol. The molecule has 0 bridgehead atoms. The second-order valence-electron chi connectivity index (χ2n) is 4.15. The molecule has 7 heteroatoms. The zero-order valence-corrected chi connectivity index (χ0v) is 11.5. The summed E-state index contributed by atoms with van der Waals surface area (Å²) in [7, 11) is -1.84. The number of hydrogen-bond donors (Lipinski definition) is 0. The van der Waals surface area contributed by atoms with Crippen LogP contribution in [0.3, 0.4) is 0 Å². The van der Waals surface area contributed by atoms with Gasteiger partial charge in [0.05, 0.1) is 26.4 Å². The SMILES string of the molecule is O=C(CS(=O)c1ccccc1F)c1cccc([N+](=O)[O-])c1. The highest BCUT2D eigenvalue weighted by atomic mass is 32.2. The Morgan fingerprint density at radius 2 is 1.90 bits per heavy atom. The van der Waals surface area contributed by atoms with E-state index in [1.54, 1.807) is 0 Å². The summed E-state index contributed by atoms with van der Waals surface area (Å²) < 4.78 is 25.5. The van der Waals surface area contributed by atoms with Crippen molar-refractivity contribution in [2.75, 3.05) is 5.75 Å². The molecule has 0 aliphatic heterocycles. The van der Waals surface area contributed by atoms with E-state index in [1.165, 1.54) is 36.4 Å². The highest BCUT2D eigenvalue weighted by Crippen LogP contribution is 2.16. The Bertz CT molecular complexity index is 732. The van der Waals surface area contributed by atoms with Crippen LogP contribution in [0.5, 0.6) is 0 Å². The first-order chi connectivity index (χ1) is 9.99. The monoisotopic (exact) mass is 307 g/mol. The van der Waals surface area contributed by atoms with E-state index in [0.29, 0.717) is 0 Å². The van der Waals surface area contributed by atoms with E-state index < -0.39 is 33.1 Å². The van der Waals surface area contributed by atoms with Crippen LogP contribution in [0.1, 0.15) is 10.4 Å². The Morgan fingerprint density at radius 1 is 1.19 bits per heavy atom. The molecule has 0 saturated carbocycles. The third-order valence-electron chi connectivity index (χ3n) is 2.72. The highest BCUT2D eigenvalue weighted by molar-refractivity contribution is 7.85. The number of nitro groups is 1. The topological polar surface area (TPSA) is 77.3 Å². The van der Waals surface area contributed by atoms with Crippen molar-refractivity contribution < 1.29 is 18.3 Å². The van der Waals surface area contributed by atoms with Gasteiger partial charge >= 0.3 is 0 Å². The standard InChI is InChI=1S/C14H10FNO4S/c15-12-6-1-2-7-14(12)21(20)9-13(17)10-4-3-5-11(8-10)16(18)19/h1-8H,9H2. The molecule has 0 aliphatic carbocycles. The normalized spacial score (nSPS) is 11.9. The number of rotatable bonds is 5. The fourth-order valence-electron chi connectivity index (χ4n) is 1.70. The fourth-order valence-corrected chi connectivity index (χ4v) is 2.78. The van der Waals surface area contributed by atoms with Gasteiger partial charge in [-0.2, -0.15) is 0 Å². The van der Waals surface area contributed by atoms with Crippen molar-refractivity contribution in [1.29, 1.82) is 0 Å². The van der Waals surface area contributed by atoms with Gasteiger partial charge in [-0.05, 0) is 12.1 Å². The number of benzene rings is 2. The zero-order valence-electron chi connectivity index (χ0n) is 10.7. The number of halogens is 1. The van der Waals surface area contributed by atoms with Gasteiger partial charge in [-0.25, -0.2) is 4.39 Å². The molecule has 0 spiro atoms. The Kier molecular flexibility index (Phi) is 4.54. The maximum atomic E-state index is 13.5. The molecular formula is C14H10FNO4S. The number of carbonyl (C=O) groups excluding carboxylic acids is 1. The predicted octanol–water partition coefficient (Wildman–Crippen LogP) is 2.72. The van der Waals surface area contributed by atoms with E-state index >= 15 is 0 Å². The Hall–Kier alpha value is -2.41. The van der Waals surface area contributed by atoms with Crippen LogP contribution in [0.2, 0.25) is 0 Å². The first-order valence-corrected chi connectivity index (χ1v) is 7.21. The van der Waals surface area contributed by atoms with Crippen LogP contribution >= 0.6 is 0 Å². The molecule has 1 unspecified atom stereocenters. The average Bonchev–Trinajstić information content (AvgIpc) is 2.47. The van der Waals surface area contributed by atoms with Gasteiger partial charge in [-0.15, -0.1) is 0 Å². The molecular weight excluding hydrogens is 297 g/mol. The van der Waals surface area contributed by atoms with E-state index in [-0.39, 0.29) is 16.1 Å². The number of Topliss-reactive ketones (excluding diaryl/α,β-unsaturated/α-hetero) is 1. The van der Waals surface area contributed by atoms with Crippen LogP contribution in [0.15, 0.2) is 53.4 Å². The molecule has 21 heavy (non-hydrogen) atoms. The lowest BCUT2D eigenvalue weighted by Gasteiger charge is -2.03. The number of ketones is 1. The van der Waals surface area contributed by atoms with Crippen LogP contribution in [-0.2, 0) is 10.8 Å². The van der Waals surface area contributed by atoms with Crippen molar-refractivity contribution in [1.82, 2.24) is 0 Å². The lowest BCUT2D eigenvalue weighted by molar-refractivity contribution is -0.384. The zero-order chi connectivity index (χ0) is 15.4. The minimum Gasteiger partial charge on any atom is -0.293 e. The van der Waals surface area contributed by atoms with Crippen LogP contribution in [0, 0.1) is 15.9 Å². The summed E-state index contributed by atoms with van der Waals surface area (Å²) in [6, 6.07) is 10.6. The van der Waals surface area contributed by atoms with Crippen molar-refractivity contribution in [3.63, 3.8) is 0 Å². The smallest absolute Gasteiger partial charge is 0.270 e. The van der Waals surface area contributed by atoms with Gasteiger partial charge in [0.2, 0.25) is 0 Å². The minimum atomic E-state index is -1.84. The maximum Gasteiger partial charge on any atom is 0.270 e. The number of nitro benzene ring substituents is 1. The number of non-ortho nitro benzene ring substituents is 1. The van der Waals surface area contributed by atoms with E-state index in [0.717, 1.165) is 12.1 Å². The molecule has 0 N–H and O–H groups in total. The molecule has 0 heterocycles. The molecule has 0 radical (unpaired) electrons. The summed E-state index contributed by atoms with van der Waals surface area (Å²) in [4.78, 5) is 21.9. The molecule has 0 fully saturated rings. The van der Waals surface area contributed by atoms with Crippen molar-refractivity contribution in [2.45, 2.75) is 4.90 Å². The molecule has 0 saturated heterocycles. The second kappa shape index (κ2) is 6.36. The van der Waals surface area contributed by atoms with Gasteiger partial charge in [0, 0.05) is 17.7 Å². The largest absolute Gasteiger partial charge is 0.293 e. The van der Waals surface area contributed by atoms with Gasteiger partial charge in [0.25, 0.3) is 5.69 Å². The summed E-state index contributed by atoms with van der Waals surface area (Å²) in [5.74, 6) is -1.62. The quantitative estimate of drug-likeness (QED) is 0.483. The van der Waals surface area contributed by atoms with Gasteiger partial charge in [-0.3, -0.25) is 19.1 Å². The van der Waals surface area contributed by atoms with Gasteiger partial charge in [-0.1, -0.05) is 24.3 Å². The number of nitrogens with zero attached hydrogens (tertiary/aromatic N) is 1. The van der Waals surface area contributed by atoms with Crippen molar-refractivity contribution in [3.8, 4) is 0 Å². The third kappa shape index (κ3) is 3.57. The van der Waals surface area contributed by atoms with Crippen molar-refractivity contribution >= 4 is 22.3 Å². The molecule has 1 atom stereocenters. The first-order valence-electron chi connectivity index (χ1n) is 5.89. The molecule has 0 amide bonds. The molecule has 2 aromatic rings. The Morgan fingerprint density at radius 3 is 2.57 bits per heavy atom. The summed E-state index contributed by atoms with van der Waals surface area (Å²) in [6.07, 6.45) is 0. The summed E-state index contributed by atoms with van der Waals surface area (Å²) in [5.41, 5.74) is -0.147. The minimum absolute atomic E-state index is 0.0590. The maximum absolute atomic E-state index is 13.5. The Balaban J connectivity index is 2.19. The lowest BCUT2D eigenvalue weighted by atomic mass is 10.1. The van der Waals surface area contributed by atoms with Crippen molar-refractivity contribution in [3.05, 3.63) is 70.0 Å². The molecule has 108 valence electrons. The van der Waals surface area contributed by atoms with E-state index in [9.17, 15) is 23.5 Å². The van der Waals surface area contributed by atoms with Gasteiger partial charge in [0.1, 0.15) is 5.82 Å². The highest BCUT2D eigenvalue weighted by Gasteiger charge is 2.17. The summed E-state index contributed by atoms with van der Waals surface area (Å²) in [6.45, 7) is 0. The summed E-state index contributed by atoms with van der Waals surface area (Å²) in [5, 5.41) is 10.6. The van der Waals surface area contributed by atoms with Crippen LogP contribution in [0.25, 0.3) is 0 Å². The third-order valence-corrected chi connectivity index (χ3v) is 4.07. The predicted molar refractivity (Wildman–Crippen MR) is 75.1 cm³/mol. The Labute approximate surface area is 122 Å². The van der Waals surface area contributed by atoms with E-state index in [1.807, 2.05) is 0 Å². The van der Waals surface area contributed by atoms with Crippen LogP contribution in [0.4, 0.5) is 10.1 Å². The van der Waals surface area contributed by atoms with E-state index in [2.05, 4.69) is 0 Å². The number of carbonyl (C=O) groups is 1. The first kappa shape index (κ1) is 15.0. The molecule has 0 aromatic heterocycles. The van der Waals surface area contributed by atoms with Crippen LogP contribution in [-0.4, -0.2) is 20.7 Å². The second-order valence-corrected chi connectivity index (χ2v) is 5.57. The molecule has 0 aliphatic rings. The van der Waals surface area contributed by atoms with Crippen molar-refractivity contribution in [2.24, 2.45) is 0 Å². The van der Waals surface area contributed by atoms with Crippen LogP contribution < -0.4 is 0 Å². The summed E-state index contributed by atoms with van der Waals surface area (Å²) >= 11 is 0. The molecule has 5 nitrogen and oxygen atoms in total. The van der Waals surface area contributed by atoms with E-state index in [4.69, 9.17) is 0 Å². The van der Waals surface area contributed by atoms with Gasteiger partial charge < -0.3 is 0 Å². The number of hydrogen-bond acceptors (Lipinski definition) is 4. The lowest BCUT2D eigenvalue weighted by Crippen LogP contribution is -2.12. The molecule has 2 rings (SSSR count). The van der Waals surface area contributed by atoms with Gasteiger partial charge in [0.15, 0.2) is 5.78 Å². The fraction of sp³-hybridized carbons (Fsp3) is 0.0714.